The molecule has 15 heavy (non-hydrogen) atoms. The Morgan fingerprint density at radius 1 is 1.60 bits per heavy atom. The molecule has 1 nitrogen and oxygen atoms in total. The zero-order valence-corrected chi connectivity index (χ0v) is 9.90. The minimum Gasteiger partial charge on any atom is -0.317 e. The largest absolute Gasteiger partial charge is 0.317 e. The van der Waals surface area contributed by atoms with Crippen LogP contribution < -0.4 is 5.32 Å². The molecule has 2 unspecified atom stereocenters. The maximum Gasteiger partial charge on any atom is 0.123 e. The number of benzene rings is 1. The van der Waals surface area contributed by atoms with Gasteiger partial charge in [-0.1, -0.05) is 0 Å². The molecule has 0 fully saturated rings. The Morgan fingerprint density at radius 3 is 3.13 bits per heavy atom. The van der Waals surface area contributed by atoms with Crippen LogP contribution in [-0.4, -0.2) is 18.3 Å². The van der Waals surface area contributed by atoms with Gasteiger partial charge in [0, 0.05) is 16.2 Å². The topological polar surface area (TPSA) is 12.0 Å². The van der Waals surface area contributed by atoms with Crippen LogP contribution in [0, 0.1) is 5.82 Å². The van der Waals surface area contributed by atoms with E-state index in [1.807, 2.05) is 24.9 Å². The normalized spacial score (nSPS) is 21.4. The summed E-state index contributed by atoms with van der Waals surface area (Å²) in [6.07, 6.45) is 2.14. The number of halogens is 1. The van der Waals surface area contributed by atoms with E-state index in [9.17, 15) is 4.39 Å². The van der Waals surface area contributed by atoms with Gasteiger partial charge in [-0.2, -0.15) is 0 Å². The first-order valence-electron chi connectivity index (χ1n) is 5.31. The van der Waals surface area contributed by atoms with Gasteiger partial charge in [0.05, 0.1) is 0 Å². The van der Waals surface area contributed by atoms with Gasteiger partial charge >= 0.3 is 0 Å². The molecule has 1 N–H and O–H groups in total. The van der Waals surface area contributed by atoms with Crippen molar-refractivity contribution >= 4 is 11.8 Å². The molecule has 0 spiro atoms. The molecule has 0 bridgehead atoms. The zero-order valence-electron chi connectivity index (χ0n) is 9.09. The van der Waals surface area contributed by atoms with E-state index in [2.05, 4.69) is 12.2 Å². The van der Waals surface area contributed by atoms with Crippen molar-refractivity contribution in [2.45, 2.75) is 36.0 Å². The van der Waals surface area contributed by atoms with Gasteiger partial charge in [0.25, 0.3) is 0 Å². The Labute approximate surface area is 94.5 Å². The second-order valence-electron chi connectivity index (χ2n) is 4.12. The summed E-state index contributed by atoms with van der Waals surface area (Å²) in [5.41, 5.74) is 1.17. The third-order valence-corrected chi connectivity index (χ3v) is 4.22. The molecule has 0 aliphatic carbocycles. The molecule has 1 heterocycles. The van der Waals surface area contributed by atoms with Crippen molar-refractivity contribution in [2.75, 3.05) is 7.05 Å². The predicted octanol–water partition coefficient (Wildman–Crippen LogP) is 2.84. The molecule has 2 atom stereocenters. The fourth-order valence-electron chi connectivity index (χ4n) is 1.93. The lowest BCUT2D eigenvalue weighted by molar-refractivity contribution is 0.552. The lowest BCUT2D eigenvalue weighted by Crippen LogP contribution is -2.25. The summed E-state index contributed by atoms with van der Waals surface area (Å²) in [6, 6.07) is 5.66. The van der Waals surface area contributed by atoms with Gasteiger partial charge in [0.1, 0.15) is 5.82 Å². The van der Waals surface area contributed by atoms with Crippen molar-refractivity contribution in [1.29, 1.82) is 0 Å². The summed E-state index contributed by atoms with van der Waals surface area (Å²) in [5.74, 6) is -0.114. The first-order valence-corrected chi connectivity index (χ1v) is 6.19. The number of hydrogen-bond donors (Lipinski definition) is 1. The van der Waals surface area contributed by atoms with E-state index in [-0.39, 0.29) is 5.82 Å². The van der Waals surface area contributed by atoms with Crippen molar-refractivity contribution in [3.05, 3.63) is 29.6 Å². The van der Waals surface area contributed by atoms with E-state index in [1.165, 1.54) is 10.5 Å². The monoisotopic (exact) mass is 225 g/mol. The molecule has 0 radical (unpaired) electrons. The molecule has 1 aromatic carbocycles. The van der Waals surface area contributed by atoms with Crippen molar-refractivity contribution in [1.82, 2.24) is 5.32 Å². The SMILES string of the molecule is CNC(C)CC1Cc2cc(F)ccc2S1. The zero-order chi connectivity index (χ0) is 10.8. The third-order valence-electron chi connectivity index (χ3n) is 2.87. The highest BCUT2D eigenvalue weighted by atomic mass is 32.2. The molecule has 82 valence electrons. The smallest absolute Gasteiger partial charge is 0.123 e. The van der Waals surface area contributed by atoms with Gasteiger partial charge in [0.2, 0.25) is 0 Å². The lowest BCUT2D eigenvalue weighted by Gasteiger charge is -2.14. The van der Waals surface area contributed by atoms with E-state index in [0.29, 0.717) is 11.3 Å². The quantitative estimate of drug-likeness (QED) is 0.849. The summed E-state index contributed by atoms with van der Waals surface area (Å²) in [5, 5.41) is 3.84. The van der Waals surface area contributed by atoms with Crippen molar-refractivity contribution in [3.8, 4) is 0 Å². The van der Waals surface area contributed by atoms with Crippen LogP contribution in [0.1, 0.15) is 18.9 Å². The number of nitrogens with one attached hydrogen (secondary N) is 1. The van der Waals surface area contributed by atoms with Gasteiger partial charge in [-0.15, -0.1) is 11.8 Å². The highest BCUT2D eigenvalue weighted by Gasteiger charge is 2.23. The standard InChI is InChI=1S/C12H16FNS/c1-8(14-2)5-11-7-9-6-10(13)3-4-12(9)15-11/h3-4,6,8,11,14H,5,7H2,1-2H3. The number of rotatable bonds is 3. The van der Waals surface area contributed by atoms with Gasteiger partial charge < -0.3 is 5.32 Å². The molecule has 0 aromatic heterocycles. The maximum atomic E-state index is 13.0. The van der Waals surface area contributed by atoms with Crippen LogP contribution in [0.3, 0.4) is 0 Å². The highest BCUT2D eigenvalue weighted by molar-refractivity contribution is 8.00. The molecule has 1 aliphatic rings. The molecule has 0 saturated carbocycles. The second-order valence-corrected chi connectivity index (χ2v) is 5.46. The summed E-state index contributed by atoms with van der Waals surface area (Å²) in [6.45, 7) is 2.18. The van der Waals surface area contributed by atoms with Crippen LogP contribution in [-0.2, 0) is 6.42 Å². The van der Waals surface area contributed by atoms with E-state index in [0.717, 1.165) is 12.8 Å². The van der Waals surface area contributed by atoms with E-state index in [4.69, 9.17) is 0 Å². The fraction of sp³-hybridized carbons (Fsp3) is 0.500. The van der Waals surface area contributed by atoms with Gasteiger partial charge in [-0.05, 0) is 50.6 Å². The Bertz CT molecular complexity index is 353. The highest BCUT2D eigenvalue weighted by Crippen LogP contribution is 2.39. The molecular weight excluding hydrogens is 209 g/mol. The summed E-state index contributed by atoms with van der Waals surface area (Å²) < 4.78 is 13.0. The van der Waals surface area contributed by atoms with Crippen LogP contribution in [0.2, 0.25) is 0 Å². The van der Waals surface area contributed by atoms with Crippen LogP contribution >= 0.6 is 11.8 Å². The van der Waals surface area contributed by atoms with Gasteiger partial charge in [0.15, 0.2) is 0 Å². The van der Waals surface area contributed by atoms with E-state index >= 15 is 0 Å². The van der Waals surface area contributed by atoms with Crippen LogP contribution in [0.25, 0.3) is 0 Å². The molecular formula is C12H16FNS. The number of hydrogen-bond acceptors (Lipinski definition) is 2. The molecule has 1 aromatic rings. The number of thioether (sulfide) groups is 1. The first-order chi connectivity index (χ1) is 7.19. The molecule has 3 heteroatoms. The summed E-state index contributed by atoms with van der Waals surface area (Å²) in [4.78, 5) is 1.25. The predicted molar refractivity (Wildman–Crippen MR) is 62.9 cm³/mol. The Morgan fingerprint density at radius 2 is 2.40 bits per heavy atom. The minimum atomic E-state index is -0.114. The molecule has 1 aliphatic heterocycles. The Hall–Kier alpha value is -0.540. The molecule has 0 amide bonds. The van der Waals surface area contributed by atoms with Crippen molar-refractivity contribution in [2.24, 2.45) is 0 Å². The second kappa shape index (κ2) is 4.54. The Balaban J connectivity index is 2.03. The van der Waals surface area contributed by atoms with Crippen LogP contribution in [0.4, 0.5) is 4.39 Å². The van der Waals surface area contributed by atoms with Crippen LogP contribution in [0.5, 0.6) is 0 Å². The van der Waals surface area contributed by atoms with E-state index in [1.54, 1.807) is 12.1 Å². The maximum absolute atomic E-state index is 13.0. The van der Waals surface area contributed by atoms with Crippen molar-refractivity contribution < 1.29 is 4.39 Å². The van der Waals surface area contributed by atoms with Gasteiger partial charge in [-0.25, -0.2) is 4.39 Å². The average Bonchev–Trinajstić information content (AvgIpc) is 2.59. The lowest BCUT2D eigenvalue weighted by atomic mass is 10.1. The van der Waals surface area contributed by atoms with Gasteiger partial charge in [-0.3, -0.25) is 0 Å². The van der Waals surface area contributed by atoms with Crippen LogP contribution in [0.15, 0.2) is 23.1 Å². The van der Waals surface area contributed by atoms with Crippen molar-refractivity contribution in [3.63, 3.8) is 0 Å². The summed E-state index contributed by atoms with van der Waals surface area (Å²) >= 11 is 1.88. The average molecular weight is 225 g/mol. The van der Waals surface area contributed by atoms with E-state index < -0.39 is 0 Å². The third kappa shape index (κ3) is 2.52. The Kier molecular flexibility index (Phi) is 3.32. The first kappa shape index (κ1) is 11.0. The summed E-state index contributed by atoms with van der Waals surface area (Å²) in [7, 11) is 1.98. The molecule has 2 rings (SSSR count). The fourth-order valence-corrected chi connectivity index (χ4v) is 3.38. The number of fused-ring (bicyclic) bond motifs is 1. The molecule has 0 saturated heterocycles. The minimum absolute atomic E-state index is 0.114.